The molecule has 228 valence electrons. The second-order valence-electron chi connectivity index (χ2n) is 12.4. The highest BCUT2D eigenvalue weighted by atomic mass is 35.5. The smallest absolute Gasteiger partial charge is 0.435 e. The molecule has 7 atom stereocenters. The first-order valence-electron chi connectivity index (χ1n) is 14.3. The molecule has 0 spiro atoms. The number of carbonyl (C=O) groups excluding carboxylic acids is 3. The lowest BCUT2D eigenvalue weighted by Crippen LogP contribution is -2.69. The highest BCUT2D eigenvalue weighted by Gasteiger charge is 2.74. The summed E-state index contributed by atoms with van der Waals surface area (Å²) >= 11 is 7.47. The van der Waals surface area contributed by atoms with Crippen molar-refractivity contribution in [2.75, 3.05) is 13.2 Å². The van der Waals surface area contributed by atoms with Gasteiger partial charge in [-0.3, -0.25) is 13.8 Å². The lowest BCUT2D eigenvalue weighted by Gasteiger charge is -2.64. The number of aliphatic hydroxyl groups excluding tert-OH is 1. The summed E-state index contributed by atoms with van der Waals surface area (Å²) in [6.07, 6.45) is 4.33. The van der Waals surface area contributed by atoms with Crippen molar-refractivity contribution in [2.45, 2.75) is 81.3 Å². The second-order valence-corrected chi connectivity index (χ2v) is 14.6. The van der Waals surface area contributed by atoms with Crippen LogP contribution in [0.3, 0.4) is 0 Å². The van der Waals surface area contributed by atoms with Crippen molar-refractivity contribution >= 4 is 39.4 Å². The van der Waals surface area contributed by atoms with Gasteiger partial charge >= 0.3 is 6.16 Å². The number of rotatable bonds is 7. The van der Waals surface area contributed by atoms with Crippen LogP contribution in [0.4, 0.5) is 4.79 Å². The Morgan fingerprint density at radius 3 is 2.48 bits per heavy atom. The molecule has 0 aliphatic heterocycles. The molecule has 0 amide bonds. The third-order valence-corrected chi connectivity index (χ3v) is 12.6. The number of allylic oxidation sites excluding steroid dienone is 4. The number of alkyl halides is 1. The van der Waals surface area contributed by atoms with E-state index in [1.165, 1.54) is 18.2 Å². The summed E-state index contributed by atoms with van der Waals surface area (Å²) in [5.74, 6) is -1.41. The first-order chi connectivity index (χ1) is 19.6. The van der Waals surface area contributed by atoms with Crippen molar-refractivity contribution in [1.82, 2.24) is 0 Å². The fraction of sp³-hybridized carbons (Fsp3) is 0.581. The molecule has 9 nitrogen and oxygen atoms in total. The lowest BCUT2D eigenvalue weighted by molar-refractivity contribution is -0.178. The van der Waals surface area contributed by atoms with Crippen molar-refractivity contribution in [3.05, 3.63) is 53.6 Å². The van der Waals surface area contributed by atoms with E-state index < -0.39 is 56.1 Å². The monoisotopic (exact) mass is 620 g/mol. The summed E-state index contributed by atoms with van der Waals surface area (Å²) < 4.78 is 42.0. The van der Waals surface area contributed by atoms with E-state index in [0.717, 1.165) is 11.1 Å². The number of Topliss-reactive ketones (excluding diaryl/α,β-unsaturated/α-hetero) is 1. The quantitative estimate of drug-likeness (QED) is 0.259. The zero-order valence-electron chi connectivity index (χ0n) is 24.2. The van der Waals surface area contributed by atoms with E-state index in [9.17, 15) is 27.9 Å². The Kier molecular flexibility index (Phi) is 7.78. The summed E-state index contributed by atoms with van der Waals surface area (Å²) in [5, 5.41) is 11.8. The van der Waals surface area contributed by atoms with Crippen molar-refractivity contribution in [3.8, 4) is 0 Å². The summed E-state index contributed by atoms with van der Waals surface area (Å²) in [5.41, 5.74) is -2.00. The van der Waals surface area contributed by atoms with Gasteiger partial charge in [0.1, 0.15) is 6.61 Å². The van der Waals surface area contributed by atoms with Gasteiger partial charge in [0, 0.05) is 10.8 Å². The van der Waals surface area contributed by atoms with E-state index in [1.807, 2.05) is 13.8 Å². The van der Waals surface area contributed by atoms with Gasteiger partial charge in [-0.1, -0.05) is 43.2 Å². The average molecular weight is 621 g/mol. The second kappa shape index (κ2) is 10.6. The zero-order valence-corrected chi connectivity index (χ0v) is 25.8. The Bertz CT molecular complexity index is 1470. The van der Waals surface area contributed by atoms with Crippen molar-refractivity contribution in [1.29, 1.82) is 0 Å². The van der Waals surface area contributed by atoms with E-state index in [1.54, 1.807) is 38.1 Å². The molecule has 0 bridgehead atoms. The molecule has 0 aromatic heterocycles. The third kappa shape index (κ3) is 4.48. The fourth-order valence-corrected chi connectivity index (χ4v) is 9.58. The molecule has 0 saturated heterocycles. The molecule has 42 heavy (non-hydrogen) atoms. The lowest BCUT2D eigenvalue weighted by atomic mass is 9.45. The van der Waals surface area contributed by atoms with Gasteiger partial charge in [-0.25, -0.2) is 4.79 Å². The number of aryl methyl sites for hydroxylation is 1. The van der Waals surface area contributed by atoms with E-state index >= 15 is 0 Å². The number of hydrogen-bond donors (Lipinski definition) is 1. The van der Waals surface area contributed by atoms with Crippen LogP contribution in [0.25, 0.3) is 0 Å². The molecule has 3 saturated carbocycles. The normalized spacial score (nSPS) is 37.2. The van der Waals surface area contributed by atoms with Gasteiger partial charge in [-0.15, -0.1) is 11.6 Å². The first-order valence-corrected chi connectivity index (χ1v) is 16.1. The van der Waals surface area contributed by atoms with Crippen LogP contribution in [0.2, 0.25) is 0 Å². The number of hydrogen-bond acceptors (Lipinski definition) is 9. The topological polar surface area (TPSA) is 133 Å². The minimum Gasteiger partial charge on any atom is -0.435 e. The van der Waals surface area contributed by atoms with Crippen LogP contribution < -0.4 is 0 Å². The van der Waals surface area contributed by atoms with Crippen molar-refractivity contribution in [3.63, 3.8) is 0 Å². The Balaban J connectivity index is 1.50. The SMILES string of the molecule is CCOC(=O)O[C@]1(C(=O)COS(=O)(=O)c2ccc(C)cc2)CC[C@H]2[C@@H]3CCC4=CC(=O)C=C[C@]4(C)[C@@]3(Cl)C(O)C[C@@]21C. The minimum atomic E-state index is -4.29. The van der Waals surface area contributed by atoms with Gasteiger partial charge in [0.25, 0.3) is 10.1 Å². The predicted molar refractivity (Wildman–Crippen MR) is 153 cm³/mol. The van der Waals surface area contributed by atoms with Crippen LogP contribution in [0, 0.1) is 29.6 Å². The fourth-order valence-electron chi connectivity index (χ4n) is 8.19. The maximum atomic E-state index is 14.1. The number of halogens is 1. The van der Waals surface area contributed by atoms with Gasteiger partial charge in [-0.2, -0.15) is 8.42 Å². The number of ketones is 2. The van der Waals surface area contributed by atoms with Crippen LogP contribution in [0.5, 0.6) is 0 Å². The molecule has 3 fully saturated rings. The molecule has 1 aromatic rings. The number of carbonyl (C=O) groups is 3. The highest BCUT2D eigenvalue weighted by Crippen LogP contribution is 2.71. The van der Waals surface area contributed by atoms with Crippen LogP contribution >= 0.6 is 11.6 Å². The van der Waals surface area contributed by atoms with Crippen LogP contribution in [0.1, 0.15) is 58.4 Å². The first kappa shape index (κ1) is 30.9. The Morgan fingerprint density at radius 2 is 1.81 bits per heavy atom. The molecule has 0 radical (unpaired) electrons. The number of fused-ring (bicyclic) bond motifs is 5. The molecular formula is C31H37ClO9S. The summed E-state index contributed by atoms with van der Waals surface area (Å²) in [7, 11) is -4.29. The van der Waals surface area contributed by atoms with Crippen LogP contribution in [-0.2, 0) is 33.4 Å². The number of benzene rings is 1. The molecule has 0 heterocycles. The maximum Gasteiger partial charge on any atom is 0.509 e. The Labute approximate surface area is 251 Å². The largest absolute Gasteiger partial charge is 0.509 e. The number of ether oxygens (including phenoxy) is 2. The molecule has 1 N–H and O–H groups in total. The van der Waals surface area contributed by atoms with Gasteiger partial charge in [0.15, 0.2) is 11.4 Å². The average Bonchev–Trinajstić information content (AvgIpc) is 3.21. The molecule has 4 aliphatic carbocycles. The molecule has 4 aliphatic rings. The highest BCUT2D eigenvalue weighted by molar-refractivity contribution is 7.86. The molecule has 1 aromatic carbocycles. The van der Waals surface area contributed by atoms with Gasteiger partial charge in [0.05, 0.1) is 22.5 Å². The van der Waals surface area contributed by atoms with E-state index in [0.29, 0.717) is 19.3 Å². The number of aliphatic hydroxyl groups is 1. The summed E-state index contributed by atoms with van der Waals surface area (Å²) in [6, 6.07) is 6.03. The van der Waals surface area contributed by atoms with E-state index in [-0.39, 0.29) is 42.0 Å². The van der Waals surface area contributed by atoms with Crippen LogP contribution in [0.15, 0.2) is 53.0 Å². The van der Waals surface area contributed by atoms with E-state index in [4.69, 9.17) is 25.3 Å². The molecule has 5 rings (SSSR count). The minimum absolute atomic E-state index is 0.00181. The molecule has 11 heteroatoms. The summed E-state index contributed by atoms with van der Waals surface area (Å²) in [4.78, 5) is 37.8. The maximum absolute atomic E-state index is 14.1. The van der Waals surface area contributed by atoms with Gasteiger partial charge < -0.3 is 14.6 Å². The molecular weight excluding hydrogens is 584 g/mol. The van der Waals surface area contributed by atoms with Gasteiger partial charge in [-0.05, 0) is 82.1 Å². The van der Waals surface area contributed by atoms with E-state index in [2.05, 4.69) is 0 Å². The summed E-state index contributed by atoms with van der Waals surface area (Å²) in [6.45, 7) is 6.30. The van der Waals surface area contributed by atoms with Crippen LogP contribution in [-0.4, -0.2) is 61.0 Å². The standard InChI is InChI=1S/C31H37ClO9S/c1-5-39-27(36)41-30(26(35)18-40-42(37,38)22-9-6-19(2)7-10-22)15-13-23-24-11-8-20-16-21(33)12-14-28(20,3)31(24,32)25(34)17-29(23,30)4/h6-7,9-10,12,14,16,23-25,34H,5,8,11,13,15,17-18H2,1-4H3/t23-,24-,25?,28-,29-,30-,31-/m0/s1. The molecule has 1 unspecified atom stereocenters. The Morgan fingerprint density at radius 1 is 1.12 bits per heavy atom. The predicted octanol–water partition coefficient (Wildman–Crippen LogP) is 4.82. The Hall–Kier alpha value is -2.53. The van der Waals surface area contributed by atoms with Gasteiger partial charge in [0.2, 0.25) is 5.78 Å². The third-order valence-electron chi connectivity index (χ3n) is 10.4. The van der Waals surface area contributed by atoms with Crippen molar-refractivity contribution in [2.24, 2.45) is 22.7 Å². The zero-order chi connectivity index (χ0) is 30.7. The van der Waals surface area contributed by atoms with Crippen molar-refractivity contribution < 1.29 is 41.6 Å².